The van der Waals surface area contributed by atoms with Crippen LogP contribution >= 0.6 is 39.1 Å². The maximum Gasteiger partial charge on any atom is 0.276 e. The van der Waals surface area contributed by atoms with E-state index in [9.17, 15) is 4.79 Å². The third-order valence-corrected chi connectivity index (χ3v) is 5.33. The van der Waals surface area contributed by atoms with Gasteiger partial charge in [0.05, 0.1) is 28.1 Å². The van der Waals surface area contributed by atoms with Crippen LogP contribution in [0.5, 0.6) is 11.5 Å². The molecule has 32 heavy (non-hydrogen) atoms. The number of ether oxygens (including phenoxy) is 2. The highest BCUT2D eigenvalue weighted by Gasteiger charge is 2.12. The molecule has 0 aliphatic carbocycles. The molecule has 11 heteroatoms. The number of rotatable bonds is 8. The SMILES string of the molecule is O=C(Nc1cnn(COc2ccc(Br)cc2)c1)c1ccn(COc2c(Cl)cccc2Cl)n1. The van der Waals surface area contributed by atoms with Crippen molar-refractivity contribution in [1.29, 1.82) is 0 Å². The van der Waals surface area contributed by atoms with Crippen LogP contribution in [0, 0.1) is 0 Å². The van der Waals surface area contributed by atoms with Crippen molar-refractivity contribution in [3.8, 4) is 11.5 Å². The van der Waals surface area contributed by atoms with Gasteiger partial charge in [-0.1, -0.05) is 45.2 Å². The van der Waals surface area contributed by atoms with E-state index in [2.05, 4.69) is 31.4 Å². The van der Waals surface area contributed by atoms with Crippen LogP contribution in [0.4, 0.5) is 5.69 Å². The van der Waals surface area contributed by atoms with Gasteiger partial charge >= 0.3 is 0 Å². The van der Waals surface area contributed by atoms with Crippen LogP contribution in [0.25, 0.3) is 0 Å². The highest BCUT2D eigenvalue weighted by atomic mass is 79.9. The Morgan fingerprint density at radius 2 is 1.72 bits per heavy atom. The van der Waals surface area contributed by atoms with Crippen LogP contribution < -0.4 is 14.8 Å². The topological polar surface area (TPSA) is 83.2 Å². The Morgan fingerprint density at radius 3 is 2.47 bits per heavy atom. The van der Waals surface area contributed by atoms with Gasteiger partial charge in [0.1, 0.15) is 5.75 Å². The van der Waals surface area contributed by atoms with Crippen LogP contribution in [-0.2, 0) is 13.5 Å². The first-order valence-corrected chi connectivity index (χ1v) is 10.9. The number of aromatic nitrogens is 4. The van der Waals surface area contributed by atoms with Crippen molar-refractivity contribution in [2.45, 2.75) is 13.5 Å². The molecular formula is C21H16BrCl2N5O3. The van der Waals surface area contributed by atoms with Gasteiger partial charge in [-0.2, -0.15) is 10.2 Å². The Morgan fingerprint density at radius 1 is 1.00 bits per heavy atom. The summed E-state index contributed by atoms with van der Waals surface area (Å²) in [7, 11) is 0. The first-order chi connectivity index (χ1) is 15.5. The highest BCUT2D eigenvalue weighted by molar-refractivity contribution is 9.10. The molecule has 0 saturated carbocycles. The van der Waals surface area contributed by atoms with Gasteiger partial charge in [-0.3, -0.25) is 4.79 Å². The van der Waals surface area contributed by atoms with Crippen LogP contribution in [-0.4, -0.2) is 25.5 Å². The summed E-state index contributed by atoms with van der Waals surface area (Å²) in [6.07, 6.45) is 4.81. The van der Waals surface area contributed by atoms with E-state index < -0.39 is 0 Å². The molecule has 0 saturated heterocycles. The molecule has 164 valence electrons. The van der Waals surface area contributed by atoms with Gasteiger partial charge in [-0.25, -0.2) is 9.36 Å². The van der Waals surface area contributed by atoms with Crippen LogP contribution in [0.3, 0.4) is 0 Å². The van der Waals surface area contributed by atoms with E-state index in [1.54, 1.807) is 41.3 Å². The van der Waals surface area contributed by atoms with Crippen molar-refractivity contribution in [2.75, 3.05) is 5.32 Å². The molecule has 0 radical (unpaired) electrons. The van der Waals surface area contributed by atoms with Crippen LogP contribution in [0.15, 0.2) is 71.6 Å². The summed E-state index contributed by atoms with van der Waals surface area (Å²) in [5, 5.41) is 11.9. The lowest BCUT2D eigenvalue weighted by Gasteiger charge is -2.09. The molecule has 2 aromatic heterocycles. The first-order valence-electron chi connectivity index (χ1n) is 9.30. The zero-order chi connectivity index (χ0) is 22.5. The number of carbonyl (C=O) groups excluding carboxylic acids is 1. The smallest absolute Gasteiger partial charge is 0.276 e. The number of carbonyl (C=O) groups is 1. The summed E-state index contributed by atoms with van der Waals surface area (Å²) in [5.74, 6) is 0.683. The molecule has 0 aliphatic heterocycles. The molecule has 0 aliphatic rings. The lowest BCUT2D eigenvalue weighted by atomic mass is 10.3. The number of amides is 1. The summed E-state index contributed by atoms with van der Waals surface area (Å²) in [6, 6.07) is 14.1. The van der Waals surface area contributed by atoms with E-state index >= 15 is 0 Å². The summed E-state index contributed by atoms with van der Waals surface area (Å²) < 4.78 is 15.3. The first kappa shape index (κ1) is 22.2. The maximum absolute atomic E-state index is 12.5. The average molecular weight is 537 g/mol. The number of hydrogen-bond acceptors (Lipinski definition) is 5. The molecule has 1 N–H and O–H groups in total. The number of benzene rings is 2. The van der Waals surface area contributed by atoms with E-state index in [1.807, 2.05) is 24.3 Å². The van der Waals surface area contributed by atoms with E-state index in [0.29, 0.717) is 27.2 Å². The Balaban J connectivity index is 1.31. The summed E-state index contributed by atoms with van der Waals surface area (Å²) in [6.45, 7) is 0.246. The molecule has 0 atom stereocenters. The molecule has 4 rings (SSSR count). The molecule has 1 amide bonds. The standard InChI is InChI=1S/C21H16BrCl2N5O3/c22-14-4-6-16(7-5-14)31-13-29-11-15(10-25-29)26-21(30)19-8-9-28(27-19)12-32-20-17(23)2-1-3-18(20)24/h1-11H,12-13H2,(H,26,30). The van der Waals surface area contributed by atoms with Gasteiger partial charge in [0.15, 0.2) is 24.9 Å². The van der Waals surface area contributed by atoms with Crippen molar-refractivity contribution in [1.82, 2.24) is 19.6 Å². The van der Waals surface area contributed by atoms with Crippen LogP contribution in [0.2, 0.25) is 10.0 Å². The number of anilines is 1. The van der Waals surface area contributed by atoms with Gasteiger partial charge < -0.3 is 14.8 Å². The number of hydrogen-bond donors (Lipinski definition) is 1. The molecule has 8 nitrogen and oxygen atoms in total. The minimum absolute atomic E-state index is 0.0437. The molecule has 0 fully saturated rings. The van der Waals surface area contributed by atoms with E-state index in [1.165, 1.54) is 10.9 Å². The normalized spacial score (nSPS) is 10.7. The van der Waals surface area contributed by atoms with Crippen molar-refractivity contribution in [3.05, 3.63) is 87.3 Å². The third kappa shape index (κ3) is 5.61. The average Bonchev–Trinajstić information content (AvgIpc) is 3.43. The van der Waals surface area contributed by atoms with Crippen molar-refractivity contribution in [2.24, 2.45) is 0 Å². The largest absolute Gasteiger partial charge is 0.471 e. The summed E-state index contributed by atoms with van der Waals surface area (Å²) in [4.78, 5) is 12.5. The molecule has 0 spiro atoms. The molecule has 0 bridgehead atoms. The van der Waals surface area contributed by atoms with E-state index in [4.69, 9.17) is 32.7 Å². The van der Waals surface area contributed by atoms with Crippen molar-refractivity contribution >= 4 is 50.7 Å². The van der Waals surface area contributed by atoms with Crippen LogP contribution in [0.1, 0.15) is 10.5 Å². The Bertz CT molecular complexity index is 1210. The predicted octanol–water partition coefficient (Wildman–Crippen LogP) is 5.47. The lowest BCUT2D eigenvalue weighted by molar-refractivity contribution is 0.102. The van der Waals surface area contributed by atoms with Gasteiger partial charge in [-0.05, 0) is 42.5 Å². The van der Waals surface area contributed by atoms with Gasteiger partial charge in [0.2, 0.25) is 0 Å². The molecule has 2 heterocycles. The minimum atomic E-state index is -0.382. The predicted molar refractivity (Wildman–Crippen MR) is 124 cm³/mol. The Kier molecular flexibility index (Phi) is 6.99. The minimum Gasteiger partial charge on any atom is -0.471 e. The number of para-hydroxylation sites is 1. The van der Waals surface area contributed by atoms with E-state index in [-0.39, 0.29) is 25.1 Å². The fraction of sp³-hybridized carbons (Fsp3) is 0.0952. The number of nitrogens with one attached hydrogen (secondary N) is 1. The van der Waals surface area contributed by atoms with E-state index in [0.717, 1.165) is 4.47 Å². The van der Waals surface area contributed by atoms with Crippen molar-refractivity contribution < 1.29 is 14.3 Å². The second-order valence-corrected chi connectivity index (χ2v) is 8.24. The summed E-state index contributed by atoms with van der Waals surface area (Å²) in [5.41, 5.74) is 0.737. The molecular weight excluding hydrogens is 521 g/mol. The second kappa shape index (κ2) is 10.1. The quantitative estimate of drug-likeness (QED) is 0.322. The van der Waals surface area contributed by atoms with Gasteiger partial charge in [0.25, 0.3) is 5.91 Å². The molecule has 0 unspecified atom stereocenters. The van der Waals surface area contributed by atoms with Crippen molar-refractivity contribution in [3.63, 3.8) is 0 Å². The second-order valence-electron chi connectivity index (χ2n) is 6.51. The molecule has 4 aromatic rings. The Hall–Kier alpha value is -3.01. The van der Waals surface area contributed by atoms with Gasteiger partial charge in [0, 0.05) is 10.7 Å². The lowest BCUT2D eigenvalue weighted by Crippen LogP contribution is -2.14. The zero-order valence-electron chi connectivity index (χ0n) is 16.4. The fourth-order valence-corrected chi connectivity index (χ4v) is 3.44. The third-order valence-electron chi connectivity index (χ3n) is 4.20. The maximum atomic E-state index is 12.5. The fourth-order valence-electron chi connectivity index (χ4n) is 2.67. The highest BCUT2D eigenvalue weighted by Crippen LogP contribution is 2.32. The zero-order valence-corrected chi connectivity index (χ0v) is 19.5. The number of nitrogens with zero attached hydrogens (tertiary/aromatic N) is 4. The monoisotopic (exact) mass is 535 g/mol. The molecule has 2 aromatic carbocycles. The number of halogens is 3. The Labute approximate surface area is 201 Å². The summed E-state index contributed by atoms with van der Waals surface area (Å²) >= 11 is 15.5. The van der Waals surface area contributed by atoms with Gasteiger partial charge in [-0.15, -0.1) is 0 Å².